The molecule has 1 aromatic carbocycles. The van der Waals surface area contributed by atoms with Crippen LogP contribution in [0.5, 0.6) is 0 Å². The van der Waals surface area contributed by atoms with Crippen molar-refractivity contribution in [2.24, 2.45) is 0 Å². The van der Waals surface area contributed by atoms with E-state index < -0.39 is 23.6 Å². The molecule has 0 amide bonds. The molecule has 6 nitrogen and oxygen atoms in total. The number of aromatic nitrogens is 2. The largest absolute Gasteiger partial charge is 0.384 e. The van der Waals surface area contributed by atoms with Gasteiger partial charge in [0.15, 0.2) is 0 Å². The van der Waals surface area contributed by atoms with Crippen LogP contribution in [0.2, 0.25) is 0 Å². The van der Waals surface area contributed by atoms with Gasteiger partial charge in [-0.2, -0.15) is 0 Å². The van der Waals surface area contributed by atoms with Crippen LogP contribution in [0.3, 0.4) is 0 Å². The number of hydrogen-bond donors (Lipinski definition) is 2. The fourth-order valence-electron chi connectivity index (χ4n) is 2.80. The molecule has 114 valence electrons. The quantitative estimate of drug-likeness (QED) is 0.814. The lowest BCUT2D eigenvalue weighted by atomic mass is 9.74. The van der Waals surface area contributed by atoms with Crippen LogP contribution >= 0.6 is 0 Å². The molecule has 2 atom stereocenters. The Bertz CT molecular complexity index is 788. The van der Waals surface area contributed by atoms with Crippen LogP contribution in [0, 0.1) is 0 Å². The molecule has 0 aliphatic heterocycles. The summed E-state index contributed by atoms with van der Waals surface area (Å²) in [6, 6.07) is 8.97. The van der Waals surface area contributed by atoms with Crippen molar-refractivity contribution < 1.29 is 14.7 Å². The van der Waals surface area contributed by atoms with Gasteiger partial charge in [0.2, 0.25) is 11.6 Å². The molecule has 1 aromatic heterocycles. The number of carbonyl (C=O) groups is 2. The minimum atomic E-state index is -1.41. The van der Waals surface area contributed by atoms with E-state index in [9.17, 15) is 19.5 Å². The average Bonchev–Trinajstić information content (AvgIpc) is 2.85. The number of Topliss-reactive ketones (excluding diaryl/α,β-unsaturated/α-hetero) is 2. The Hall–Kier alpha value is -2.47. The number of hydrogen-bond acceptors (Lipinski definition) is 4. The zero-order valence-electron chi connectivity index (χ0n) is 12.1. The van der Waals surface area contributed by atoms with Crippen LogP contribution in [0.25, 0.3) is 5.69 Å². The highest BCUT2D eigenvalue weighted by atomic mass is 16.3. The van der Waals surface area contributed by atoms with Gasteiger partial charge in [0.25, 0.3) is 5.56 Å². The predicted octanol–water partition coefficient (Wildman–Crippen LogP) is 0.714. The van der Waals surface area contributed by atoms with Gasteiger partial charge in [-0.1, -0.05) is 31.5 Å². The van der Waals surface area contributed by atoms with Gasteiger partial charge in [0, 0.05) is 5.69 Å². The normalized spacial score (nSPS) is 21.0. The number of H-pyrrole nitrogens is 1. The van der Waals surface area contributed by atoms with Crippen molar-refractivity contribution in [3.8, 4) is 5.69 Å². The topological polar surface area (TPSA) is 92.2 Å². The molecular formula is C16H16N2O4. The fraction of sp³-hybridized carbons (Fsp3) is 0.312. The summed E-state index contributed by atoms with van der Waals surface area (Å²) in [6.07, 6.45) is -0.0715. The molecule has 0 spiro atoms. The number of carbonyl (C=O) groups excluding carboxylic acids is 2. The van der Waals surface area contributed by atoms with Gasteiger partial charge in [-0.05, 0) is 18.6 Å². The number of para-hydroxylation sites is 1. The number of aliphatic hydroxyl groups is 1. The van der Waals surface area contributed by atoms with Gasteiger partial charge >= 0.3 is 0 Å². The van der Waals surface area contributed by atoms with E-state index >= 15 is 0 Å². The summed E-state index contributed by atoms with van der Waals surface area (Å²) < 4.78 is 1.35. The summed E-state index contributed by atoms with van der Waals surface area (Å²) in [5, 5.41) is 12.8. The van der Waals surface area contributed by atoms with Crippen LogP contribution in [0.1, 0.15) is 30.5 Å². The molecule has 2 unspecified atom stereocenters. The predicted molar refractivity (Wildman–Crippen MR) is 79.1 cm³/mol. The maximum absolute atomic E-state index is 12.7. The van der Waals surface area contributed by atoms with E-state index in [1.807, 2.05) is 13.0 Å². The van der Waals surface area contributed by atoms with Gasteiger partial charge < -0.3 is 5.11 Å². The minimum Gasteiger partial charge on any atom is -0.384 e. The monoisotopic (exact) mass is 300 g/mol. The molecule has 0 radical (unpaired) electrons. The third kappa shape index (κ3) is 2.03. The summed E-state index contributed by atoms with van der Waals surface area (Å²) in [6.45, 7) is 1.95. The molecule has 3 rings (SSSR count). The molecule has 1 heterocycles. The van der Waals surface area contributed by atoms with Crippen molar-refractivity contribution in [2.75, 3.05) is 0 Å². The first-order chi connectivity index (χ1) is 10.6. The summed E-state index contributed by atoms with van der Waals surface area (Å²) in [4.78, 5) is 35.7. The van der Waals surface area contributed by atoms with E-state index in [1.165, 1.54) is 4.68 Å². The van der Waals surface area contributed by atoms with Crippen molar-refractivity contribution in [3.05, 3.63) is 51.9 Å². The summed E-state index contributed by atoms with van der Waals surface area (Å²) >= 11 is 0. The molecule has 1 aliphatic rings. The number of ketones is 2. The maximum atomic E-state index is 12.7. The Kier molecular flexibility index (Phi) is 3.54. The molecule has 22 heavy (non-hydrogen) atoms. The van der Waals surface area contributed by atoms with Crippen molar-refractivity contribution in [3.63, 3.8) is 0 Å². The van der Waals surface area contributed by atoms with Gasteiger partial charge in [-0.3, -0.25) is 19.5 Å². The molecule has 2 N–H and O–H groups in total. The highest BCUT2D eigenvalue weighted by Crippen LogP contribution is 2.31. The first-order valence-corrected chi connectivity index (χ1v) is 7.21. The number of rotatable bonds is 4. The fourth-order valence-corrected chi connectivity index (χ4v) is 2.80. The molecule has 0 saturated heterocycles. The molecular weight excluding hydrogens is 284 g/mol. The van der Waals surface area contributed by atoms with Crippen LogP contribution in [-0.4, -0.2) is 32.6 Å². The Balaban J connectivity index is 2.14. The van der Waals surface area contributed by atoms with Crippen molar-refractivity contribution in [1.29, 1.82) is 0 Å². The lowest BCUT2D eigenvalue weighted by Gasteiger charge is -2.28. The summed E-state index contributed by atoms with van der Waals surface area (Å²) in [5.41, 5.74) is 1.06. The van der Waals surface area contributed by atoms with E-state index in [4.69, 9.17) is 0 Å². The van der Waals surface area contributed by atoms with Crippen LogP contribution in [-0.2, 0) is 16.0 Å². The molecule has 6 heteroatoms. The Morgan fingerprint density at radius 2 is 1.82 bits per heavy atom. The van der Waals surface area contributed by atoms with E-state index in [1.54, 1.807) is 24.3 Å². The SMILES string of the molecule is CCCc1[nH]n(-c2ccccc2)c(=O)c1C1C(=O)C(=O)C1O. The van der Waals surface area contributed by atoms with Crippen LogP contribution in [0.15, 0.2) is 35.1 Å². The maximum Gasteiger partial charge on any atom is 0.275 e. The second-order valence-corrected chi connectivity index (χ2v) is 5.38. The van der Waals surface area contributed by atoms with Crippen LogP contribution < -0.4 is 5.56 Å². The molecule has 1 aliphatic carbocycles. The van der Waals surface area contributed by atoms with Crippen molar-refractivity contribution in [1.82, 2.24) is 9.78 Å². The molecule has 2 aromatic rings. The second kappa shape index (κ2) is 5.38. The smallest absolute Gasteiger partial charge is 0.275 e. The van der Waals surface area contributed by atoms with Gasteiger partial charge in [0.05, 0.1) is 17.2 Å². The summed E-state index contributed by atoms with van der Waals surface area (Å²) in [5.74, 6) is -2.55. The highest BCUT2D eigenvalue weighted by Gasteiger charge is 2.51. The van der Waals surface area contributed by atoms with Crippen LogP contribution in [0.4, 0.5) is 0 Å². The van der Waals surface area contributed by atoms with E-state index in [2.05, 4.69) is 5.10 Å². The van der Waals surface area contributed by atoms with E-state index in [0.717, 1.165) is 6.42 Å². The number of nitrogens with one attached hydrogen (secondary N) is 1. The standard InChI is InChI=1S/C16H16N2O4/c1-2-6-10-11(12-13(19)15(21)14(12)20)16(22)18(17-10)9-7-4-3-5-8-9/h3-5,7-8,12-13,17,19H,2,6H2,1H3. The average molecular weight is 300 g/mol. The molecule has 0 bridgehead atoms. The van der Waals surface area contributed by atoms with Gasteiger partial charge in [-0.15, -0.1) is 0 Å². The van der Waals surface area contributed by atoms with Crippen molar-refractivity contribution >= 4 is 11.6 Å². The Morgan fingerprint density at radius 3 is 2.41 bits per heavy atom. The number of aryl methyl sites for hydroxylation is 1. The highest BCUT2D eigenvalue weighted by molar-refractivity contribution is 6.48. The first-order valence-electron chi connectivity index (χ1n) is 7.21. The Labute approximate surface area is 126 Å². The van der Waals surface area contributed by atoms with Gasteiger partial charge in [-0.25, -0.2) is 4.68 Å². The number of aliphatic hydroxyl groups excluding tert-OH is 1. The number of benzene rings is 1. The first kappa shape index (κ1) is 14.5. The second-order valence-electron chi connectivity index (χ2n) is 5.38. The third-order valence-corrected chi connectivity index (χ3v) is 3.94. The number of aromatic amines is 1. The number of nitrogens with zero attached hydrogens (tertiary/aromatic N) is 1. The third-order valence-electron chi connectivity index (χ3n) is 3.94. The lowest BCUT2D eigenvalue weighted by molar-refractivity contribution is -0.154. The zero-order chi connectivity index (χ0) is 15.9. The van der Waals surface area contributed by atoms with Crippen molar-refractivity contribution in [2.45, 2.75) is 31.8 Å². The van der Waals surface area contributed by atoms with Gasteiger partial charge in [0.1, 0.15) is 6.10 Å². The Morgan fingerprint density at radius 1 is 1.14 bits per heavy atom. The zero-order valence-corrected chi connectivity index (χ0v) is 12.1. The lowest BCUT2D eigenvalue weighted by Crippen LogP contribution is -2.52. The summed E-state index contributed by atoms with van der Waals surface area (Å²) in [7, 11) is 0. The van der Waals surface area contributed by atoms with E-state index in [0.29, 0.717) is 17.8 Å². The molecule has 1 saturated carbocycles. The minimum absolute atomic E-state index is 0.211. The van der Waals surface area contributed by atoms with E-state index in [-0.39, 0.29) is 11.1 Å². The molecule has 1 fully saturated rings.